The molecule has 3 aromatic carbocycles. The number of ether oxygens (including phenoxy) is 2. The van der Waals surface area contributed by atoms with E-state index in [1.54, 1.807) is 30.3 Å². The molecule has 176 valence electrons. The number of nitrogens with one attached hydrogen (secondary N) is 2. The standard InChI is InChI=1S/C26H21ClN4O4/c1-34-26(33)19-9-5-17(6-10-19)15-28-31-25(32)24-14-23(29-30-24)20-3-2-4-22(13-20)35-16-18-7-11-21(27)12-8-18/h2-15H,16H2,1H3,(H,29,30)(H,31,32)/b28-15+. The average molecular weight is 489 g/mol. The third-order valence-corrected chi connectivity index (χ3v) is 5.23. The number of carbonyl (C=O) groups excluding carboxylic acids is 2. The molecule has 9 heteroatoms. The van der Waals surface area contributed by atoms with Crippen molar-refractivity contribution in [3.63, 3.8) is 0 Å². The van der Waals surface area contributed by atoms with Crippen LogP contribution >= 0.6 is 11.6 Å². The number of esters is 1. The number of methoxy groups -OCH3 is 1. The number of hydrazone groups is 1. The molecule has 1 aromatic heterocycles. The number of halogens is 1. The average Bonchev–Trinajstić information content (AvgIpc) is 3.39. The number of benzene rings is 3. The van der Waals surface area contributed by atoms with Crippen molar-refractivity contribution in [2.45, 2.75) is 6.61 Å². The molecule has 0 aliphatic rings. The van der Waals surface area contributed by atoms with Crippen LogP contribution in [0.1, 0.15) is 32.0 Å². The van der Waals surface area contributed by atoms with Crippen molar-refractivity contribution in [1.29, 1.82) is 0 Å². The Kier molecular flexibility index (Phi) is 7.54. The Morgan fingerprint density at radius 2 is 1.83 bits per heavy atom. The highest BCUT2D eigenvalue weighted by atomic mass is 35.5. The van der Waals surface area contributed by atoms with E-state index in [-0.39, 0.29) is 5.69 Å². The fourth-order valence-electron chi connectivity index (χ4n) is 3.13. The van der Waals surface area contributed by atoms with Crippen molar-refractivity contribution < 1.29 is 19.1 Å². The van der Waals surface area contributed by atoms with E-state index in [2.05, 4.69) is 25.5 Å². The van der Waals surface area contributed by atoms with E-state index >= 15 is 0 Å². The Morgan fingerprint density at radius 3 is 2.57 bits per heavy atom. The molecule has 0 radical (unpaired) electrons. The van der Waals surface area contributed by atoms with Gasteiger partial charge in [0, 0.05) is 10.6 Å². The van der Waals surface area contributed by atoms with Crippen molar-refractivity contribution in [2.75, 3.05) is 7.11 Å². The van der Waals surface area contributed by atoms with Gasteiger partial charge in [-0.3, -0.25) is 9.89 Å². The lowest BCUT2D eigenvalue weighted by atomic mass is 10.1. The summed E-state index contributed by atoms with van der Waals surface area (Å²) in [5.74, 6) is -0.189. The fourth-order valence-corrected chi connectivity index (χ4v) is 3.25. The zero-order valence-corrected chi connectivity index (χ0v) is 19.5. The molecule has 0 saturated heterocycles. The van der Waals surface area contributed by atoms with Crippen LogP contribution in [0.15, 0.2) is 84.0 Å². The molecule has 0 fully saturated rings. The van der Waals surface area contributed by atoms with Gasteiger partial charge in [-0.2, -0.15) is 10.2 Å². The lowest BCUT2D eigenvalue weighted by Crippen LogP contribution is -2.18. The van der Waals surface area contributed by atoms with Gasteiger partial charge in [-0.15, -0.1) is 0 Å². The number of carbonyl (C=O) groups is 2. The summed E-state index contributed by atoms with van der Waals surface area (Å²) in [6, 6.07) is 23.1. The Labute approximate surface area is 206 Å². The predicted molar refractivity (Wildman–Crippen MR) is 133 cm³/mol. The first kappa shape index (κ1) is 23.7. The lowest BCUT2D eigenvalue weighted by molar-refractivity contribution is 0.0600. The van der Waals surface area contributed by atoms with E-state index in [1.807, 2.05) is 48.5 Å². The van der Waals surface area contributed by atoms with Gasteiger partial charge in [0.15, 0.2) is 0 Å². The van der Waals surface area contributed by atoms with Crippen molar-refractivity contribution in [3.05, 3.63) is 106 Å². The first-order chi connectivity index (χ1) is 17.0. The number of nitrogens with zero attached hydrogens (tertiary/aromatic N) is 2. The van der Waals surface area contributed by atoms with E-state index in [9.17, 15) is 9.59 Å². The molecule has 0 aliphatic carbocycles. The SMILES string of the molecule is COC(=O)c1ccc(/C=N/NC(=O)c2cc(-c3cccc(OCc4ccc(Cl)cc4)c3)n[nH]2)cc1. The Balaban J connectivity index is 1.35. The largest absolute Gasteiger partial charge is 0.489 e. The van der Waals surface area contributed by atoms with Crippen molar-refractivity contribution >= 4 is 29.7 Å². The molecule has 0 spiro atoms. The lowest BCUT2D eigenvalue weighted by Gasteiger charge is -2.07. The molecule has 1 heterocycles. The van der Waals surface area contributed by atoms with Gasteiger partial charge in [0.1, 0.15) is 18.1 Å². The van der Waals surface area contributed by atoms with E-state index in [0.717, 1.165) is 11.1 Å². The van der Waals surface area contributed by atoms with Crippen LogP contribution in [-0.4, -0.2) is 35.4 Å². The van der Waals surface area contributed by atoms with Crippen LogP contribution in [0.25, 0.3) is 11.3 Å². The first-order valence-corrected chi connectivity index (χ1v) is 10.9. The maximum Gasteiger partial charge on any atom is 0.337 e. The number of aromatic amines is 1. The molecule has 2 N–H and O–H groups in total. The molecule has 0 atom stereocenters. The van der Waals surface area contributed by atoms with E-state index in [1.165, 1.54) is 13.3 Å². The minimum Gasteiger partial charge on any atom is -0.489 e. The maximum atomic E-state index is 12.4. The summed E-state index contributed by atoms with van der Waals surface area (Å²) in [6.45, 7) is 0.401. The summed E-state index contributed by atoms with van der Waals surface area (Å²) in [5.41, 5.74) is 6.22. The molecule has 4 aromatic rings. The summed E-state index contributed by atoms with van der Waals surface area (Å²) < 4.78 is 10.5. The first-order valence-electron chi connectivity index (χ1n) is 10.6. The minimum atomic E-state index is -0.443. The van der Waals surface area contributed by atoms with Crippen LogP contribution in [0.3, 0.4) is 0 Å². The number of amides is 1. The summed E-state index contributed by atoms with van der Waals surface area (Å²) in [6.07, 6.45) is 1.47. The highest BCUT2D eigenvalue weighted by Gasteiger charge is 2.11. The van der Waals surface area contributed by atoms with Crippen molar-refractivity contribution in [2.24, 2.45) is 5.10 Å². The monoisotopic (exact) mass is 488 g/mol. The fraction of sp³-hybridized carbons (Fsp3) is 0.0769. The summed E-state index contributed by atoms with van der Waals surface area (Å²) >= 11 is 5.92. The molecule has 35 heavy (non-hydrogen) atoms. The zero-order valence-electron chi connectivity index (χ0n) is 18.7. The molecule has 0 saturated carbocycles. The van der Waals surface area contributed by atoms with Crippen LogP contribution in [-0.2, 0) is 11.3 Å². The molecule has 8 nitrogen and oxygen atoms in total. The molecular weight excluding hydrogens is 468 g/mol. The van der Waals surface area contributed by atoms with Gasteiger partial charge < -0.3 is 9.47 Å². The molecule has 1 amide bonds. The van der Waals surface area contributed by atoms with E-state index in [0.29, 0.717) is 34.2 Å². The third kappa shape index (κ3) is 6.33. The second-order valence-corrected chi connectivity index (χ2v) is 7.86. The van der Waals surface area contributed by atoms with Gasteiger partial charge in [0.05, 0.1) is 24.6 Å². The van der Waals surface area contributed by atoms with Gasteiger partial charge in [-0.25, -0.2) is 10.2 Å². The Morgan fingerprint density at radius 1 is 1.06 bits per heavy atom. The van der Waals surface area contributed by atoms with Crippen molar-refractivity contribution in [3.8, 4) is 17.0 Å². The number of aromatic nitrogens is 2. The van der Waals surface area contributed by atoms with Crippen LogP contribution in [0.2, 0.25) is 5.02 Å². The molecule has 0 bridgehead atoms. The van der Waals surface area contributed by atoms with Crippen LogP contribution in [0, 0.1) is 0 Å². The maximum absolute atomic E-state index is 12.4. The van der Waals surface area contributed by atoms with Gasteiger partial charge in [0.2, 0.25) is 0 Å². The highest BCUT2D eigenvalue weighted by Crippen LogP contribution is 2.24. The summed E-state index contributed by atoms with van der Waals surface area (Å²) in [7, 11) is 1.32. The van der Waals surface area contributed by atoms with Gasteiger partial charge >= 0.3 is 5.97 Å². The second-order valence-electron chi connectivity index (χ2n) is 7.42. The normalized spacial score (nSPS) is 10.8. The zero-order chi connectivity index (χ0) is 24.6. The number of rotatable bonds is 8. The molecule has 0 unspecified atom stereocenters. The van der Waals surface area contributed by atoms with Crippen LogP contribution in [0.4, 0.5) is 0 Å². The highest BCUT2D eigenvalue weighted by molar-refractivity contribution is 6.30. The smallest absolute Gasteiger partial charge is 0.337 e. The quantitative estimate of drug-likeness (QED) is 0.209. The molecule has 4 rings (SSSR count). The molecular formula is C26H21ClN4O4. The number of hydrogen-bond acceptors (Lipinski definition) is 6. The summed E-state index contributed by atoms with van der Waals surface area (Å²) in [5, 5.41) is 11.6. The molecule has 0 aliphatic heterocycles. The predicted octanol–water partition coefficient (Wildman–Crippen LogP) is 4.86. The van der Waals surface area contributed by atoms with Crippen LogP contribution < -0.4 is 10.2 Å². The topological polar surface area (TPSA) is 106 Å². The van der Waals surface area contributed by atoms with E-state index in [4.69, 9.17) is 16.3 Å². The van der Waals surface area contributed by atoms with E-state index < -0.39 is 11.9 Å². The van der Waals surface area contributed by atoms with Crippen LogP contribution in [0.5, 0.6) is 5.75 Å². The third-order valence-electron chi connectivity index (χ3n) is 4.98. The Bertz CT molecular complexity index is 1350. The Hall–Kier alpha value is -4.43. The van der Waals surface area contributed by atoms with Gasteiger partial charge in [-0.1, -0.05) is 48.0 Å². The number of hydrogen-bond donors (Lipinski definition) is 2. The second kappa shape index (κ2) is 11.1. The summed E-state index contributed by atoms with van der Waals surface area (Å²) in [4.78, 5) is 23.9. The van der Waals surface area contributed by atoms with Crippen molar-refractivity contribution in [1.82, 2.24) is 15.6 Å². The number of H-pyrrole nitrogens is 1. The van der Waals surface area contributed by atoms with Gasteiger partial charge in [0.25, 0.3) is 5.91 Å². The minimum absolute atomic E-state index is 0.255. The van der Waals surface area contributed by atoms with Gasteiger partial charge in [-0.05, 0) is 53.6 Å².